The number of nitrogens with zero attached hydrogens (tertiary/aromatic N) is 4. The van der Waals surface area contributed by atoms with Gasteiger partial charge < -0.3 is 0 Å². The van der Waals surface area contributed by atoms with Gasteiger partial charge in [0.15, 0.2) is 10.5 Å². The number of aryl methyl sites for hydroxylation is 3. The second-order valence-electron chi connectivity index (χ2n) is 6.19. The molecule has 1 aromatic carbocycles. The molecule has 0 amide bonds. The molecule has 124 valence electrons. The summed E-state index contributed by atoms with van der Waals surface area (Å²) in [4.78, 5) is 4.41. The number of sulfonamides is 1. The highest BCUT2D eigenvalue weighted by Crippen LogP contribution is 2.36. The van der Waals surface area contributed by atoms with Crippen LogP contribution in [0.1, 0.15) is 22.4 Å². The largest absolute Gasteiger partial charge is 0.270 e. The Bertz CT molecular complexity index is 1070. The second kappa shape index (κ2) is 5.04. The molecule has 0 aliphatic carbocycles. The Hall–Kier alpha value is -2.41. The average Bonchev–Trinajstić information content (AvgIpc) is 3.08. The molecule has 0 saturated heterocycles. The van der Waals surface area contributed by atoms with Crippen LogP contribution in [0, 0.1) is 20.8 Å². The number of rotatable bonds is 2. The summed E-state index contributed by atoms with van der Waals surface area (Å²) in [5.74, 6) is 0. The van der Waals surface area contributed by atoms with Crippen LogP contribution in [0.3, 0.4) is 0 Å². The average molecular weight is 342 g/mol. The predicted octanol–water partition coefficient (Wildman–Crippen LogP) is 2.41. The van der Waals surface area contributed by atoms with Crippen molar-refractivity contribution >= 4 is 21.4 Å². The van der Waals surface area contributed by atoms with Crippen LogP contribution in [-0.4, -0.2) is 29.6 Å². The quantitative estimate of drug-likeness (QED) is 0.717. The predicted molar refractivity (Wildman–Crippen MR) is 91.9 cm³/mol. The Kier molecular flexibility index (Phi) is 3.18. The van der Waals surface area contributed by atoms with Crippen molar-refractivity contribution in [1.82, 2.24) is 14.6 Å². The minimum Gasteiger partial charge on any atom is -0.266 e. The van der Waals surface area contributed by atoms with Crippen LogP contribution in [0.2, 0.25) is 0 Å². The van der Waals surface area contributed by atoms with Crippen LogP contribution in [0.25, 0.3) is 5.65 Å². The van der Waals surface area contributed by atoms with Crippen LogP contribution in [0.4, 0.5) is 5.69 Å². The molecule has 0 unspecified atom stereocenters. The van der Waals surface area contributed by atoms with Gasteiger partial charge in [0.25, 0.3) is 10.0 Å². The summed E-state index contributed by atoms with van der Waals surface area (Å²) in [5.41, 5.74) is 4.95. The SMILES string of the molecule is Cc1cc2c(cc1C)N(S(=O)(=O)c1c(C)nn3cccnc13)CC2. The number of aromatic nitrogens is 3. The highest BCUT2D eigenvalue weighted by Gasteiger charge is 2.35. The summed E-state index contributed by atoms with van der Waals surface area (Å²) in [6, 6.07) is 5.78. The van der Waals surface area contributed by atoms with Gasteiger partial charge in [-0.25, -0.2) is 17.9 Å². The van der Waals surface area contributed by atoms with E-state index in [0.29, 0.717) is 17.9 Å². The molecule has 3 heterocycles. The van der Waals surface area contributed by atoms with Gasteiger partial charge in [0, 0.05) is 18.9 Å². The number of anilines is 1. The maximum atomic E-state index is 13.3. The lowest BCUT2D eigenvalue weighted by molar-refractivity contribution is 0.592. The van der Waals surface area contributed by atoms with Gasteiger partial charge in [-0.1, -0.05) is 6.07 Å². The number of benzene rings is 1. The lowest BCUT2D eigenvalue weighted by Gasteiger charge is -2.20. The summed E-state index contributed by atoms with van der Waals surface area (Å²) in [6.07, 6.45) is 4.02. The fourth-order valence-electron chi connectivity index (χ4n) is 3.27. The minimum absolute atomic E-state index is 0.189. The van der Waals surface area contributed by atoms with Gasteiger partial charge in [-0.2, -0.15) is 5.10 Å². The fourth-order valence-corrected chi connectivity index (χ4v) is 5.05. The fraction of sp³-hybridized carbons (Fsp3) is 0.294. The van der Waals surface area contributed by atoms with E-state index in [2.05, 4.69) is 16.1 Å². The molecule has 0 N–H and O–H groups in total. The minimum atomic E-state index is -3.71. The Morgan fingerprint density at radius 1 is 1.12 bits per heavy atom. The lowest BCUT2D eigenvalue weighted by atomic mass is 10.0. The van der Waals surface area contributed by atoms with Crippen molar-refractivity contribution in [3.8, 4) is 0 Å². The zero-order valence-corrected chi connectivity index (χ0v) is 14.6. The lowest BCUT2D eigenvalue weighted by Crippen LogP contribution is -2.29. The van der Waals surface area contributed by atoms with Crippen molar-refractivity contribution in [2.24, 2.45) is 0 Å². The van der Waals surface area contributed by atoms with Gasteiger partial charge >= 0.3 is 0 Å². The first-order valence-corrected chi connectivity index (χ1v) is 9.26. The number of fused-ring (bicyclic) bond motifs is 2. The van der Waals surface area contributed by atoms with Gasteiger partial charge in [0.2, 0.25) is 0 Å². The molecule has 0 radical (unpaired) electrons. The third kappa shape index (κ3) is 2.04. The van der Waals surface area contributed by atoms with E-state index in [1.165, 1.54) is 14.4 Å². The molecule has 24 heavy (non-hydrogen) atoms. The molecular weight excluding hydrogens is 324 g/mol. The van der Waals surface area contributed by atoms with E-state index in [4.69, 9.17) is 0 Å². The molecule has 0 atom stereocenters. The molecule has 0 spiro atoms. The molecule has 0 saturated carbocycles. The van der Waals surface area contributed by atoms with E-state index in [1.54, 1.807) is 25.4 Å². The van der Waals surface area contributed by atoms with Gasteiger partial charge in [0.1, 0.15) is 0 Å². The normalized spacial score (nSPS) is 14.4. The van der Waals surface area contributed by atoms with Crippen LogP contribution in [-0.2, 0) is 16.4 Å². The molecular formula is C17H18N4O2S. The Morgan fingerprint density at radius 3 is 2.67 bits per heavy atom. The van der Waals surface area contributed by atoms with Gasteiger partial charge in [-0.3, -0.25) is 4.31 Å². The van der Waals surface area contributed by atoms with E-state index in [-0.39, 0.29) is 4.90 Å². The van der Waals surface area contributed by atoms with Crippen molar-refractivity contribution in [2.75, 3.05) is 10.8 Å². The zero-order valence-electron chi connectivity index (χ0n) is 13.8. The number of hydrogen-bond donors (Lipinski definition) is 0. The van der Waals surface area contributed by atoms with E-state index >= 15 is 0 Å². The standard InChI is InChI=1S/C17H18N4O2S/c1-11-9-14-5-8-21(15(14)10-12(11)2)24(22,23)16-13(3)19-20-7-4-6-18-17(16)20/h4,6-7,9-10H,5,8H2,1-3H3. The van der Waals surface area contributed by atoms with Gasteiger partial charge in [-0.05, 0) is 56.0 Å². The van der Waals surface area contributed by atoms with Crippen molar-refractivity contribution in [3.63, 3.8) is 0 Å². The molecule has 4 rings (SSSR count). The topological polar surface area (TPSA) is 67.6 Å². The molecule has 2 aromatic heterocycles. The van der Waals surface area contributed by atoms with Gasteiger partial charge in [-0.15, -0.1) is 0 Å². The summed E-state index contributed by atoms with van der Waals surface area (Å²) in [6.45, 7) is 6.20. The summed E-state index contributed by atoms with van der Waals surface area (Å²) in [7, 11) is -3.71. The van der Waals surface area contributed by atoms with E-state index < -0.39 is 10.0 Å². The van der Waals surface area contributed by atoms with Crippen LogP contribution >= 0.6 is 0 Å². The first-order chi connectivity index (χ1) is 11.4. The maximum absolute atomic E-state index is 13.3. The number of hydrogen-bond acceptors (Lipinski definition) is 4. The van der Waals surface area contributed by atoms with Crippen LogP contribution in [0.5, 0.6) is 0 Å². The first kappa shape index (κ1) is 15.1. The zero-order chi connectivity index (χ0) is 17.1. The Balaban J connectivity index is 1.92. The maximum Gasteiger partial charge on any atom is 0.270 e. The molecule has 0 fully saturated rings. The van der Waals surface area contributed by atoms with Gasteiger partial charge in [0.05, 0.1) is 11.4 Å². The third-order valence-electron chi connectivity index (χ3n) is 4.61. The van der Waals surface area contributed by atoms with E-state index in [9.17, 15) is 8.42 Å². The molecule has 1 aliphatic rings. The molecule has 6 nitrogen and oxygen atoms in total. The van der Waals surface area contributed by atoms with E-state index in [1.807, 2.05) is 19.9 Å². The van der Waals surface area contributed by atoms with Crippen LogP contribution in [0.15, 0.2) is 35.5 Å². The second-order valence-corrected chi connectivity index (χ2v) is 7.99. The van der Waals surface area contributed by atoms with E-state index in [0.717, 1.165) is 23.2 Å². The Labute approximate surface area is 140 Å². The summed E-state index contributed by atoms with van der Waals surface area (Å²) >= 11 is 0. The van der Waals surface area contributed by atoms with Crippen molar-refractivity contribution in [3.05, 3.63) is 53.0 Å². The van der Waals surface area contributed by atoms with Crippen molar-refractivity contribution in [1.29, 1.82) is 0 Å². The molecule has 0 bridgehead atoms. The smallest absolute Gasteiger partial charge is 0.266 e. The molecule has 7 heteroatoms. The molecule has 1 aliphatic heterocycles. The summed E-state index contributed by atoms with van der Waals surface area (Å²) < 4.78 is 29.7. The summed E-state index contributed by atoms with van der Waals surface area (Å²) in [5, 5.41) is 4.29. The Morgan fingerprint density at radius 2 is 1.88 bits per heavy atom. The third-order valence-corrected chi connectivity index (χ3v) is 6.57. The highest BCUT2D eigenvalue weighted by molar-refractivity contribution is 7.93. The van der Waals surface area contributed by atoms with Crippen molar-refractivity contribution in [2.45, 2.75) is 32.1 Å². The monoisotopic (exact) mass is 342 g/mol. The first-order valence-electron chi connectivity index (χ1n) is 7.82. The molecule has 3 aromatic rings. The van der Waals surface area contributed by atoms with Crippen LogP contribution < -0.4 is 4.31 Å². The highest BCUT2D eigenvalue weighted by atomic mass is 32.2. The van der Waals surface area contributed by atoms with Crippen molar-refractivity contribution < 1.29 is 8.42 Å².